The number of anilines is 1. The molecule has 1 N–H and O–H groups in total. The number of aromatic nitrogens is 2. The Labute approximate surface area is 151 Å². The highest BCUT2D eigenvalue weighted by atomic mass is 15.4. The molecule has 0 radical (unpaired) electrons. The number of guanidine groups is 1. The minimum Gasteiger partial charge on any atom is -0.356 e. The van der Waals surface area contributed by atoms with Crippen molar-refractivity contribution in [3.8, 4) is 0 Å². The van der Waals surface area contributed by atoms with E-state index in [2.05, 4.69) is 30.1 Å². The second-order valence-corrected chi connectivity index (χ2v) is 7.14. The molecule has 1 saturated heterocycles. The highest BCUT2D eigenvalue weighted by molar-refractivity contribution is 5.80. The van der Waals surface area contributed by atoms with Crippen LogP contribution in [0.15, 0.2) is 23.5 Å². The summed E-state index contributed by atoms with van der Waals surface area (Å²) in [5.41, 5.74) is 0. The topological polar surface area (TPSA) is 56.7 Å². The number of rotatable bonds is 5. The SMILES string of the molecule is CN=C(NCCCC1CCCCC1)N1CCN(c2ncccn2)CC1. The summed E-state index contributed by atoms with van der Waals surface area (Å²) in [5, 5.41) is 3.56. The minimum absolute atomic E-state index is 0.831. The average molecular weight is 345 g/mol. The second kappa shape index (κ2) is 9.59. The minimum atomic E-state index is 0.831. The van der Waals surface area contributed by atoms with E-state index in [4.69, 9.17) is 0 Å². The molecule has 1 aromatic rings. The van der Waals surface area contributed by atoms with Crippen molar-refractivity contribution in [3.63, 3.8) is 0 Å². The van der Waals surface area contributed by atoms with Crippen LogP contribution < -0.4 is 10.2 Å². The summed E-state index contributed by atoms with van der Waals surface area (Å²) in [5.74, 6) is 2.84. The van der Waals surface area contributed by atoms with E-state index in [0.29, 0.717) is 0 Å². The number of aliphatic imine (C=N–C) groups is 1. The van der Waals surface area contributed by atoms with Crippen LogP contribution in [0.4, 0.5) is 5.95 Å². The predicted molar refractivity (Wildman–Crippen MR) is 103 cm³/mol. The molecule has 25 heavy (non-hydrogen) atoms. The van der Waals surface area contributed by atoms with E-state index in [9.17, 15) is 0 Å². The normalized spacial score (nSPS) is 20.0. The lowest BCUT2D eigenvalue weighted by atomic mass is 9.86. The maximum Gasteiger partial charge on any atom is 0.225 e. The van der Waals surface area contributed by atoms with E-state index in [0.717, 1.165) is 50.5 Å². The van der Waals surface area contributed by atoms with Gasteiger partial charge in [0.2, 0.25) is 5.95 Å². The molecule has 2 aliphatic rings. The Kier molecular flexibility index (Phi) is 6.89. The first-order chi connectivity index (χ1) is 12.4. The van der Waals surface area contributed by atoms with Crippen LogP contribution in [0.1, 0.15) is 44.9 Å². The quantitative estimate of drug-likeness (QED) is 0.505. The summed E-state index contributed by atoms with van der Waals surface area (Å²) in [7, 11) is 1.89. The molecule has 0 spiro atoms. The van der Waals surface area contributed by atoms with E-state index in [1.165, 1.54) is 44.9 Å². The van der Waals surface area contributed by atoms with Crippen LogP contribution in [0.5, 0.6) is 0 Å². The van der Waals surface area contributed by atoms with E-state index >= 15 is 0 Å². The van der Waals surface area contributed by atoms with Crippen molar-refractivity contribution in [2.24, 2.45) is 10.9 Å². The molecule has 0 atom stereocenters. The fourth-order valence-corrected chi connectivity index (χ4v) is 3.97. The Morgan fingerprint density at radius 1 is 1.12 bits per heavy atom. The highest BCUT2D eigenvalue weighted by Gasteiger charge is 2.21. The maximum atomic E-state index is 4.48. The van der Waals surface area contributed by atoms with Crippen LogP contribution >= 0.6 is 0 Å². The average Bonchev–Trinajstić information content (AvgIpc) is 2.70. The van der Waals surface area contributed by atoms with Gasteiger partial charge in [0, 0.05) is 52.2 Å². The Balaban J connectivity index is 1.37. The molecular formula is C19H32N6. The number of nitrogens with one attached hydrogen (secondary N) is 1. The summed E-state index contributed by atoms with van der Waals surface area (Å²) in [6.07, 6.45) is 13.4. The summed E-state index contributed by atoms with van der Waals surface area (Å²) in [4.78, 5) is 17.8. The van der Waals surface area contributed by atoms with Gasteiger partial charge in [-0.3, -0.25) is 4.99 Å². The van der Waals surface area contributed by atoms with Gasteiger partial charge in [-0.1, -0.05) is 32.1 Å². The first-order valence-electron chi connectivity index (χ1n) is 9.84. The van der Waals surface area contributed by atoms with Gasteiger partial charge in [-0.2, -0.15) is 0 Å². The molecule has 2 heterocycles. The van der Waals surface area contributed by atoms with E-state index in [1.807, 2.05) is 25.5 Å². The summed E-state index contributed by atoms with van der Waals surface area (Å²) in [6, 6.07) is 1.86. The lowest BCUT2D eigenvalue weighted by molar-refractivity contribution is 0.330. The first-order valence-corrected chi connectivity index (χ1v) is 9.84. The molecule has 1 aliphatic carbocycles. The van der Waals surface area contributed by atoms with Crippen molar-refractivity contribution in [2.75, 3.05) is 44.7 Å². The van der Waals surface area contributed by atoms with Gasteiger partial charge in [-0.05, 0) is 24.8 Å². The summed E-state index contributed by atoms with van der Waals surface area (Å²) in [6.45, 7) is 4.83. The van der Waals surface area contributed by atoms with Gasteiger partial charge < -0.3 is 15.1 Å². The standard InChI is InChI=1S/C19H32N6/c1-20-18(21-10-5-9-17-7-3-2-4-8-17)24-13-15-25(16-14-24)19-22-11-6-12-23-19/h6,11-12,17H,2-5,7-10,13-16H2,1H3,(H,20,21). The lowest BCUT2D eigenvalue weighted by Crippen LogP contribution is -2.53. The monoisotopic (exact) mass is 344 g/mol. The van der Waals surface area contributed by atoms with Crippen molar-refractivity contribution in [1.29, 1.82) is 0 Å². The number of hydrogen-bond donors (Lipinski definition) is 1. The zero-order valence-corrected chi connectivity index (χ0v) is 15.5. The van der Waals surface area contributed by atoms with Gasteiger partial charge in [0.05, 0.1) is 0 Å². The number of nitrogens with zero attached hydrogens (tertiary/aromatic N) is 5. The second-order valence-electron chi connectivity index (χ2n) is 7.14. The van der Waals surface area contributed by atoms with E-state index in [-0.39, 0.29) is 0 Å². The van der Waals surface area contributed by atoms with Crippen molar-refractivity contribution >= 4 is 11.9 Å². The Bertz CT molecular complexity index is 518. The van der Waals surface area contributed by atoms with Crippen molar-refractivity contribution in [3.05, 3.63) is 18.5 Å². The zero-order valence-electron chi connectivity index (χ0n) is 15.5. The molecule has 0 amide bonds. The molecule has 138 valence electrons. The summed E-state index contributed by atoms with van der Waals surface area (Å²) >= 11 is 0. The van der Waals surface area contributed by atoms with Gasteiger partial charge in [0.1, 0.15) is 0 Å². The van der Waals surface area contributed by atoms with Crippen LogP contribution in [0, 0.1) is 5.92 Å². The Morgan fingerprint density at radius 2 is 1.84 bits per heavy atom. The van der Waals surface area contributed by atoms with Crippen molar-refractivity contribution in [2.45, 2.75) is 44.9 Å². The first kappa shape index (κ1) is 18.0. The smallest absolute Gasteiger partial charge is 0.225 e. The highest BCUT2D eigenvalue weighted by Crippen LogP contribution is 2.26. The zero-order chi connectivity index (χ0) is 17.3. The molecule has 6 nitrogen and oxygen atoms in total. The molecular weight excluding hydrogens is 312 g/mol. The predicted octanol–water partition coefficient (Wildman–Crippen LogP) is 2.53. The van der Waals surface area contributed by atoms with Crippen molar-refractivity contribution in [1.82, 2.24) is 20.2 Å². The van der Waals surface area contributed by atoms with Crippen LogP contribution in [0.3, 0.4) is 0 Å². The fourth-order valence-electron chi connectivity index (χ4n) is 3.97. The maximum absolute atomic E-state index is 4.48. The molecule has 1 aromatic heterocycles. The Hall–Kier alpha value is -1.85. The fraction of sp³-hybridized carbons (Fsp3) is 0.737. The lowest BCUT2D eigenvalue weighted by Gasteiger charge is -2.36. The molecule has 6 heteroatoms. The number of piperazine rings is 1. The molecule has 1 saturated carbocycles. The van der Waals surface area contributed by atoms with Gasteiger partial charge >= 0.3 is 0 Å². The van der Waals surface area contributed by atoms with E-state index < -0.39 is 0 Å². The van der Waals surface area contributed by atoms with E-state index in [1.54, 1.807) is 0 Å². The van der Waals surface area contributed by atoms with Crippen LogP contribution in [-0.2, 0) is 0 Å². The molecule has 2 fully saturated rings. The summed E-state index contributed by atoms with van der Waals surface area (Å²) < 4.78 is 0. The third-order valence-electron chi connectivity index (χ3n) is 5.42. The van der Waals surface area contributed by atoms with Gasteiger partial charge in [0.25, 0.3) is 0 Å². The third-order valence-corrected chi connectivity index (χ3v) is 5.42. The largest absolute Gasteiger partial charge is 0.356 e. The van der Waals surface area contributed by atoms with Crippen molar-refractivity contribution < 1.29 is 0 Å². The van der Waals surface area contributed by atoms with Crippen LogP contribution in [-0.4, -0.2) is 60.6 Å². The molecule has 0 unspecified atom stereocenters. The third kappa shape index (κ3) is 5.31. The van der Waals surface area contributed by atoms with Crippen LogP contribution in [0.25, 0.3) is 0 Å². The molecule has 3 rings (SSSR count). The molecule has 0 aromatic carbocycles. The van der Waals surface area contributed by atoms with Gasteiger partial charge in [0.15, 0.2) is 5.96 Å². The van der Waals surface area contributed by atoms with Crippen LogP contribution in [0.2, 0.25) is 0 Å². The van der Waals surface area contributed by atoms with Gasteiger partial charge in [-0.15, -0.1) is 0 Å². The molecule has 0 bridgehead atoms. The Morgan fingerprint density at radius 3 is 2.52 bits per heavy atom. The number of hydrogen-bond acceptors (Lipinski definition) is 4. The van der Waals surface area contributed by atoms with Gasteiger partial charge in [-0.25, -0.2) is 9.97 Å². The molecule has 1 aliphatic heterocycles.